The second-order valence-corrected chi connectivity index (χ2v) is 7.09. The molecule has 0 unspecified atom stereocenters. The Morgan fingerprint density at radius 2 is 1.79 bits per heavy atom. The van der Waals surface area contributed by atoms with Crippen LogP contribution in [0.4, 0.5) is 0 Å². The number of halogens is 2. The summed E-state index contributed by atoms with van der Waals surface area (Å²) in [6.07, 6.45) is 2.59. The second-order valence-electron chi connectivity index (χ2n) is 6.22. The minimum Gasteiger partial charge on any atom is -0.489 e. The number of benzene rings is 2. The van der Waals surface area contributed by atoms with Crippen LogP contribution in [0.15, 0.2) is 66.9 Å². The van der Waals surface area contributed by atoms with Crippen molar-refractivity contribution in [2.45, 2.75) is 19.6 Å². The smallest absolute Gasteiger partial charge is 0.213 e. The van der Waals surface area contributed by atoms with Gasteiger partial charge in [0, 0.05) is 34.4 Å². The van der Waals surface area contributed by atoms with Crippen LogP contribution in [0.2, 0.25) is 10.0 Å². The van der Waals surface area contributed by atoms with Gasteiger partial charge in [-0.25, -0.2) is 4.98 Å². The normalized spacial score (nSPS) is 10.6. The van der Waals surface area contributed by atoms with E-state index in [2.05, 4.69) is 10.3 Å². The summed E-state index contributed by atoms with van der Waals surface area (Å²) < 4.78 is 11.6. The second kappa shape index (κ2) is 10.9. The summed E-state index contributed by atoms with van der Waals surface area (Å²) in [6.45, 7) is 2.53. The first-order chi connectivity index (χ1) is 13.7. The number of hydrogen-bond donors (Lipinski definition) is 1. The van der Waals surface area contributed by atoms with Crippen molar-refractivity contribution in [2.24, 2.45) is 0 Å². The highest BCUT2D eigenvalue weighted by Gasteiger charge is 2.06. The molecule has 0 spiro atoms. The van der Waals surface area contributed by atoms with Crippen LogP contribution in [0.25, 0.3) is 0 Å². The third kappa shape index (κ3) is 6.71. The Morgan fingerprint density at radius 1 is 0.893 bits per heavy atom. The average Bonchev–Trinajstić information content (AvgIpc) is 2.71. The van der Waals surface area contributed by atoms with E-state index in [1.54, 1.807) is 6.20 Å². The lowest BCUT2D eigenvalue weighted by Crippen LogP contribution is -2.17. The lowest BCUT2D eigenvalue weighted by Gasteiger charge is -2.13. The van der Waals surface area contributed by atoms with E-state index in [0.29, 0.717) is 35.7 Å². The number of ether oxygens (including phenoxy) is 2. The van der Waals surface area contributed by atoms with Crippen molar-refractivity contribution >= 4 is 23.2 Å². The number of rotatable bonds is 10. The van der Waals surface area contributed by atoms with E-state index < -0.39 is 0 Å². The maximum atomic E-state index is 6.16. The Hall–Kier alpha value is -2.27. The van der Waals surface area contributed by atoms with Crippen LogP contribution in [0.5, 0.6) is 11.6 Å². The molecule has 0 atom stereocenters. The molecule has 28 heavy (non-hydrogen) atoms. The van der Waals surface area contributed by atoms with Gasteiger partial charge >= 0.3 is 0 Å². The summed E-state index contributed by atoms with van der Waals surface area (Å²) in [5.74, 6) is 1.45. The number of aromatic nitrogens is 1. The molecule has 0 saturated carbocycles. The Kier molecular flexibility index (Phi) is 7.97. The third-order valence-corrected chi connectivity index (χ3v) is 4.48. The van der Waals surface area contributed by atoms with Crippen molar-refractivity contribution in [3.8, 4) is 11.6 Å². The van der Waals surface area contributed by atoms with Crippen LogP contribution in [0.3, 0.4) is 0 Å². The minimum atomic E-state index is 0.451. The van der Waals surface area contributed by atoms with Gasteiger partial charge in [-0.15, -0.1) is 0 Å². The van der Waals surface area contributed by atoms with Crippen molar-refractivity contribution < 1.29 is 9.47 Å². The van der Waals surface area contributed by atoms with Crippen molar-refractivity contribution in [3.63, 3.8) is 0 Å². The van der Waals surface area contributed by atoms with Crippen molar-refractivity contribution in [3.05, 3.63) is 88.0 Å². The number of pyridine rings is 1. The molecule has 0 fully saturated rings. The highest BCUT2D eigenvalue weighted by atomic mass is 35.5. The monoisotopic (exact) mass is 416 g/mol. The number of nitrogens with zero attached hydrogens (tertiary/aromatic N) is 1. The Bertz CT molecular complexity index is 875. The molecule has 1 heterocycles. The van der Waals surface area contributed by atoms with Gasteiger partial charge in [-0.2, -0.15) is 0 Å². The van der Waals surface area contributed by atoms with Gasteiger partial charge in [-0.05, 0) is 54.9 Å². The highest BCUT2D eigenvalue weighted by Crippen LogP contribution is 2.24. The van der Waals surface area contributed by atoms with E-state index in [1.165, 1.54) is 0 Å². The van der Waals surface area contributed by atoms with Crippen LogP contribution in [-0.2, 0) is 13.2 Å². The standard InChI is InChI=1S/C22H22Cl2N2O2/c23-19-6-3-5-17(13-19)16-28-21-9-8-20(24)14-18(21)15-25-10-4-12-27-22-7-1-2-11-26-22/h1-3,5-9,11,13-14,25H,4,10,12,15-16H2. The van der Waals surface area contributed by atoms with Crippen LogP contribution in [0.1, 0.15) is 17.5 Å². The number of nitrogens with one attached hydrogen (secondary N) is 1. The molecule has 3 rings (SSSR count). The summed E-state index contributed by atoms with van der Waals surface area (Å²) in [6, 6.07) is 18.9. The number of hydrogen-bond acceptors (Lipinski definition) is 4. The predicted octanol–water partition coefficient (Wildman–Crippen LogP) is 5.53. The molecule has 146 valence electrons. The van der Waals surface area contributed by atoms with Crippen molar-refractivity contribution in [1.29, 1.82) is 0 Å². The molecule has 0 aliphatic rings. The van der Waals surface area contributed by atoms with Gasteiger partial charge in [-0.3, -0.25) is 0 Å². The van der Waals surface area contributed by atoms with Crippen LogP contribution in [-0.4, -0.2) is 18.1 Å². The van der Waals surface area contributed by atoms with Crippen molar-refractivity contribution in [1.82, 2.24) is 10.3 Å². The molecule has 4 nitrogen and oxygen atoms in total. The molecular formula is C22H22Cl2N2O2. The quantitative estimate of drug-likeness (QED) is 0.441. The van der Waals surface area contributed by atoms with Gasteiger partial charge < -0.3 is 14.8 Å². The predicted molar refractivity (Wildman–Crippen MR) is 113 cm³/mol. The Balaban J connectivity index is 1.45. The van der Waals surface area contributed by atoms with Gasteiger partial charge in [0.1, 0.15) is 12.4 Å². The van der Waals surface area contributed by atoms with Crippen LogP contribution < -0.4 is 14.8 Å². The Morgan fingerprint density at radius 3 is 2.61 bits per heavy atom. The first-order valence-electron chi connectivity index (χ1n) is 9.11. The molecule has 0 bridgehead atoms. The fourth-order valence-corrected chi connectivity index (χ4v) is 3.05. The molecule has 0 radical (unpaired) electrons. The lowest BCUT2D eigenvalue weighted by atomic mass is 10.2. The summed E-state index contributed by atoms with van der Waals surface area (Å²) in [5, 5.41) is 4.79. The summed E-state index contributed by atoms with van der Waals surface area (Å²) in [5.41, 5.74) is 2.04. The zero-order valence-electron chi connectivity index (χ0n) is 15.4. The van der Waals surface area contributed by atoms with E-state index in [1.807, 2.05) is 60.7 Å². The minimum absolute atomic E-state index is 0.451. The highest BCUT2D eigenvalue weighted by molar-refractivity contribution is 6.30. The van der Waals surface area contributed by atoms with Gasteiger partial charge in [-0.1, -0.05) is 41.4 Å². The topological polar surface area (TPSA) is 43.4 Å². The molecule has 0 saturated heterocycles. The van der Waals surface area contributed by atoms with E-state index >= 15 is 0 Å². The van der Waals surface area contributed by atoms with Gasteiger partial charge in [0.05, 0.1) is 6.61 Å². The third-order valence-electron chi connectivity index (χ3n) is 4.01. The summed E-state index contributed by atoms with van der Waals surface area (Å²) >= 11 is 12.2. The van der Waals surface area contributed by atoms with E-state index in [0.717, 1.165) is 29.8 Å². The van der Waals surface area contributed by atoms with Crippen molar-refractivity contribution in [2.75, 3.05) is 13.2 Å². The molecule has 0 aliphatic carbocycles. The molecule has 1 aromatic heterocycles. The van der Waals surface area contributed by atoms with E-state index in [9.17, 15) is 0 Å². The van der Waals surface area contributed by atoms with Gasteiger partial charge in [0.2, 0.25) is 5.88 Å². The zero-order chi connectivity index (χ0) is 19.6. The molecular weight excluding hydrogens is 395 g/mol. The maximum absolute atomic E-state index is 6.16. The Labute approximate surface area is 175 Å². The summed E-state index contributed by atoms with van der Waals surface area (Å²) in [7, 11) is 0. The van der Waals surface area contributed by atoms with Gasteiger partial charge in [0.15, 0.2) is 0 Å². The first kappa shape index (κ1) is 20.5. The fourth-order valence-electron chi connectivity index (χ4n) is 2.64. The fraction of sp³-hybridized carbons (Fsp3) is 0.227. The lowest BCUT2D eigenvalue weighted by molar-refractivity contribution is 0.294. The SMILES string of the molecule is Clc1cccc(COc2ccc(Cl)cc2CNCCCOc2ccccn2)c1. The molecule has 6 heteroatoms. The molecule has 0 amide bonds. The van der Waals surface area contributed by atoms with E-state index in [4.69, 9.17) is 32.7 Å². The average molecular weight is 417 g/mol. The van der Waals surface area contributed by atoms with E-state index in [-0.39, 0.29) is 0 Å². The molecule has 3 aromatic rings. The molecule has 1 N–H and O–H groups in total. The van der Waals surface area contributed by atoms with Crippen LogP contribution in [0, 0.1) is 0 Å². The van der Waals surface area contributed by atoms with Gasteiger partial charge in [0.25, 0.3) is 0 Å². The largest absolute Gasteiger partial charge is 0.489 e. The van der Waals surface area contributed by atoms with Crippen LogP contribution >= 0.6 is 23.2 Å². The molecule has 0 aliphatic heterocycles. The zero-order valence-corrected chi connectivity index (χ0v) is 16.9. The summed E-state index contributed by atoms with van der Waals surface area (Å²) in [4.78, 5) is 4.13. The first-order valence-corrected chi connectivity index (χ1v) is 9.86. The maximum Gasteiger partial charge on any atom is 0.213 e. The molecule has 2 aromatic carbocycles.